The molecule has 0 aromatic heterocycles. The average molecular weight is 518 g/mol. The fourth-order valence-corrected chi connectivity index (χ4v) is 3.54. The quantitative estimate of drug-likeness (QED) is 0.216. The molecule has 1 fully saturated rings. The highest BCUT2D eigenvalue weighted by molar-refractivity contribution is 14.0. The Hall–Kier alpha value is -1.06. The number of methoxy groups -OCH3 is 1. The summed E-state index contributed by atoms with van der Waals surface area (Å²) in [6.45, 7) is 14.5. The third kappa shape index (κ3) is 10.00. The minimum absolute atomic E-state index is 0. The molecule has 1 aliphatic heterocycles. The molecule has 1 heterocycles. The van der Waals surface area contributed by atoms with Gasteiger partial charge in [0.15, 0.2) is 5.96 Å². The van der Waals surface area contributed by atoms with Gasteiger partial charge in [-0.05, 0) is 57.9 Å². The van der Waals surface area contributed by atoms with Crippen LogP contribution in [0.25, 0.3) is 0 Å². The Kier molecular flexibility index (Phi) is 13.3. The van der Waals surface area contributed by atoms with E-state index in [1.807, 2.05) is 0 Å². The summed E-state index contributed by atoms with van der Waals surface area (Å²) in [5, 5.41) is 6.69. The Labute approximate surface area is 194 Å². The summed E-state index contributed by atoms with van der Waals surface area (Å²) in [5.74, 6) is 0.888. The van der Waals surface area contributed by atoms with Crippen molar-refractivity contribution in [2.24, 2.45) is 4.99 Å². The van der Waals surface area contributed by atoms with Crippen molar-refractivity contribution in [3.05, 3.63) is 29.8 Å². The van der Waals surface area contributed by atoms with E-state index in [4.69, 9.17) is 9.73 Å². The van der Waals surface area contributed by atoms with Gasteiger partial charge in [-0.1, -0.05) is 12.1 Å². The first-order valence-electron chi connectivity index (χ1n) is 10.7. The van der Waals surface area contributed by atoms with E-state index in [0.717, 1.165) is 51.6 Å². The highest BCUT2D eigenvalue weighted by atomic mass is 127. The summed E-state index contributed by atoms with van der Waals surface area (Å²) >= 11 is 0. The third-order valence-electron chi connectivity index (χ3n) is 5.04. The number of aliphatic imine (C=N–C) groups is 1. The molecule has 0 bridgehead atoms. The summed E-state index contributed by atoms with van der Waals surface area (Å²) in [7, 11) is 1.73. The number of aryl methyl sites for hydroxylation is 1. The predicted octanol–water partition coefficient (Wildman–Crippen LogP) is 3.11. The smallest absolute Gasteiger partial charge is 0.191 e. The molecule has 0 spiro atoms. The lowest BCUT2D eigenvalue weighted by molar-refractivity contribution is 0.179. The molecule has 1 unspecified atom stereocenters. The number of nitrogens with zero attached hydrogens (tertiary/aromatic N) is 3. The van der Waals surface area contributed by atoms with E-state index in [9.17, 15) is 0 Å². The van der Waals surface area contributed by atoms with Crippen molar-refractivity contribution in [2.45, 2.75) is 39.7 Å². The fourth-order valence-electron chi connectivity index (χ4n) is 3.54. The number of unbranched alkanes of at least 4 members (excludes halogenated alkanes) is 1. The molecule has 29 heavy (non-hydrogen) atoms. The molecule has 1 aliphatic rings. The Morgan fingerprint density at radius 2 is 1.97 bits per heavy atom. The van der Waals surface area contributed by atoms with Gasteiger partial charge in [0.25, 0.3) is 0 Å². The van der Waals surface area contributed by atoms with Gasteiger partial charge in [0, 0.05) is 58.1 Å². The summed E-state index contributed by atoms with van der Waals surface area (Å²) in [5.41, 5.74) is 2.70. The maximum absolute atomic E-state index is 5.18. The van der Waals surface area contributed by atoms with E-state index >= 15 is 0 Å². The molecule has 0 radical (unpaired) electrons. The zero-order valence-corrected chi connectivity index (χ0v) is 20.9. The van der Waals surface area contributed by atoms with Crippen LogP contribution in [0.5, 0.6) is 0 Å². The van der Waals surface area contributed by atoms with Crippen LogP contribution in [0.2, 0.25) is 0 Å². The number of hydrogen-bond acceptors (Lipinski definition) is 4. The van der Waals surface area contributed by atoms with Crippen LogP contribution in [-0.2, 0) is 4.74 Å². The Balaban J connectivity index is 0.00000420. The average Bonchev–Trinajstić information content (AvgIpc) is 2.68. The number of halogens is 1. The summed E-state index contributed by atoms with van der Waals surface area (Å²) in [6, 6.07) is 9.09. The second kappa shape index (κ2) is 14.8. The van der Waals surface area contributed by atoms with Gasteiger partial charge in [0.2, 0.25) is 0 Å². The molecule has 0 amide bonds. The molecule has 6 nitrogen and oxygen atoms in total. The standard InChI is InChI=1S/C22H39N5O.HI/c1-5-23-22(25-20(3)18-28-4)24-11-6-7-12-26-13-15-27(16-14-26)21-10-8-9-19(2)17-21;/h8-10,17,20H,5-7,11-16,18H2,1-4H3,(H2,23,24,25);1H. The molecule has 2 N–H and O–H groups in total. The maximum atomic E-state index is 5.18. The van der Waals surface area contributed by atoms with Crippen molar-refractivity contribution in [3.63, 3.8) is 0 Å². The second-order valence-corrected chi connectivity index (χ2v) is 7.64. The van der Waals surface area contributed by atoms with Gasteiger partial charge >= 0.3 is 0 Å². The summed E-state index contributed by atoms with van der Waals surface area (Å²) in [4.78, 5) is 9.78. The van der Waals surface area contributed by atoms with Gasteiger partial charge in [0.05, 0.1) is 6.61 Å². The number of benzene rings is 1. The summed E-state index contributed by atoms with van der Waals surface area (Å²) < 4.78 is 5.18. The molecule has 1 aromatic carbocycles. The van der Waals surface area contributed by atoms with Gasteiger partial charge in [0.1, 0.15) is 0 Å². The SMILES string of the molecule is CCNC(=NCCCCN1CCN(c2cccc(C)c2)CC1)NC(C)COC.I. The molecule has 7 heteroatoms. The molecule has 1 saturated heterocycles. The van der Waals surface area contributed by atoms with Crippen LogP contribution in [0.3, 0.4) is 0 Å². The van der Waals surface area contributed by atoms with Crippen molar-refractivity contribution in [3.8, 4) is 0 Å². The first kappa shape index (κ1) is 26.0. The second-order valence-electron chi connectivity index (χ2n) is 7.64. The number of anilines is 1. The zero-order chi connectivity index (χ0) is 20.2. The first-order valence-corrected chi connectivity index (χ1v) is 10.7. The maximum Gasteiger partial charge on any atom is 0.191 e. The number of hydrogen-bond donors (Lipinski definition) is 2. The van der Waals surface area contributed by atoms with Crippen molar-refractivity contribution in [1.82, 2.24) is 15.5 Å². The minimum atomic E-state index is 0. The van der Waals surface area contributed by atoms with Crippen LogP contribution >= 0.6 is 24.0 Å². The van der Waals surface area contributed by atoms with Crippen molar-refractivity contribution in [1.29, 1.82) is 0 Å². The van der Waals surface area contributed by atoms with Crippen LogP contribution in [0.4, 0.5) is 5.69 Å². The van der Waals surface area contributed by atoms with Crippen LogP contribution in [0.1, 0.15) is 32.3 Å². The van der Waals surface area contributed by atoms with Gasteiger partial charge in [-0.25, -0.2) is 0 Å². The molecular weight excluding hydrogens is 477 g/mol. The van der Waals surface area contributed by atoms with Crippen molar-refractivity contribution >= 4 is 35.6 Å². The first-order chi connectivity index (χ1) is 13.6. The highest BCUT2D eigenvalue weighted by Gasteiger charge is 2.16. The number of nitrogens with one attached hydrogen (secondary N) is 2. The topological polar surface area (TPSA) is 52.1 Å². The van der Waals surface area contributed by atoms with E-state index in [1.54, 1.807) is 7.11 Å². The molecule has 166 valence electrons. The van der Waals surface area contributed by atoms with Crippen LogP contribution in [0.15, 0.2) is 29.3 Å². The molecular formula is C22H40IN5O. The van der Waals surface area contributed by atoms with Crippen molar-refractivity contribution < 1.29 is 4.74 Å². The van der Waals surface area contributed by atoms with E-state index in [-0.39, 0.29) is 30.0 Å². The van der Waals surface area contributed by atoms with Gasteiger partial charge < -0.3 is 20.3 Å². The Bertz CT molecular complexity index is 590. The molecule has 1 aromatic rings. The Morgan fingerprint density at radius 3 is 2.62 bits per heavy atom. The van der Waals surface area contributed by atoms with Crippen LogP contribution in [0, 0.1) is 6.92 Å². The van der Waals surface area contributed by atoms with Gasteiger partial charge in [-0.3, -0.25) is 9.89 Å². The van der Waals surface area contributed by atoms with Gasteiger partial charge in [-0.2, -0.15) is 0 Å². The van der Waals surface area contributed by atoms with E-state index < -0.39 is 0 Å². The van der Waals surface area contributed by atoms with Crippen LogP contribution in [-0.4, -0.2) is 76.4 Å². The van der Waals surface area contributed by atoms with Gasteiger partial charge in [-0.15, -0.1) is 24.0 Å². The molecule has 1 atom stereocenters. The largest absolute Gasteiger partial charge is 0.383 e. The van der Waals surface area contributed by atoms with E-state index in [1.165, 1.54) is 24.2 Å². The van der Waals surface area contributed by atoms with E-state index in [2.05, 4.69) is 65.5 Å². The number of piperazine rings is 1. The summed E-state index contributed by atoms with van der Waals surface area (Å²) in [6.07, 6.45) is 2.31. The lowest BCUT2D eigenvalue weighted by Crippen LogP contribution is -2.46. The normalized spacial score (nSPS) is 16.3. The monoisotopic (exact) mass is 517 g/mol. The molecule has 2 rings (SSSR count). The lowest BCUT2D eigenvalue weighted by atomic mass is 10.2. The van der Waals surface area contributed by atoms with Crippen LogP contribution < -0.4 is 15.5 Å². The van der Waals surface area contributed by atoms with E-state index in [0.29, 0.717) is 6.61 Å². The minimum Gasteiger partial charge on any atom is -0.383 e. The predicted molar refractivity (Wildman–Crippen MR) is 135 cm³/mol. The van der Waals surface area contributed by atoms with Crippen molar-refractivity contribution in [2.75, 3.05) is 64.4 Å². The number of rotatable bonds is 10. The highest BCUT2D eigenvalue weighted by Crippen LogP contribution is 2.17. The zero-order valence-electron chi connectivity index (χ0n) is 18.6. The molecule has 0 saturated carbocycles. The third-order valence-corrected chi connectivity index (χ3v) is 5.04. The lowest BCUT2D eigenvalue weighted by Gasteiger charge is -2.36. The fraction of sp³-hybridized carbons (Fsp3) is 0.682. The number of guanidine groups is 1. The molecule has 0 aliphatic carbocycles. The Morgan fingerprint density at radius 1 is 1.21 bits per heavy atom. The number of ether oxygens (including phenoxy) is 1.